The Balaban J connectivity index is 2.20. The first-order chi connectivity index (χ1) is 9.60. The maximum Gasteiger partial charge on any atom is 0.138 e. The second-order valence-electron chi connectivity index (χ2n) is 4.53. The third kappa shape index (κ3) is 4.00. The Kier molecular flexibility index (Phi) is 5.49. The third-order valence-electron chi connectivity index (χ3n) is 2.88. The summed E-state index contributed by atoms with van der Waals surface area (Å²) in [5.74, 6) is 0.899. The molecule has 0 atom stereocenters. The molecule has 0 aliphatic carbocycles. The molecular formula is C16H17Br2NO. The molecule has 0 aliphatic rings. The van der Waals surface area contributed by atoms with Gasteiger partial charge >= 0.3 is 0 Å². The van der Waals surface area contributed by atoms with Gasteiger partial charge in [0.1, 0.15) is 5.75 Å². The highest BCUT2D eigenvalue weighted by Gasteiger charge is 2.09. The van der Waals surface area contributed by atoms with Crippen molar-refractivity contribution in [3.63, 3.8) is 0 Å². The molecule has 0 heterocycles. The predicted molar refractivity (Wildman–Crippen MR) is 91.5 cm³/mol. The first-order valence-corrected chi connectivity index (χ1v) is 8.10. The summed E-state index contributed by atoms with van der Waals surface area (Å²) in [5, 5.41) is 3.43. The van der Waals surface area contributed by atoms with Gasteiger partial charge in [-0.15, -0.1) is 0 Å². The molecular weight excluding hydrogens is 382 g/mol. The summed E-state index contributed by atoms with van der Waals surface area (Å²) in [4.78, 5) is 0. The lowest BCUT2D eigenvalue weighted by Crippen LogP contribution is -2.04. The van der Waals surface area contributed by atoms with Crippen LogP contribution >= 0.6 is 31.9 Å². The molecule has 106 valence electrons. The largest absolute Gasteiger partial charge is 0.492 e. The van der Waals surface area contributed by atoms with Gasteiger partial charge in [0.15, 0.2) is 0 Å². The van der Waals surface area contributed by atoms with Crippen molar-refractivity contribution in [2.75, 3.05) is 11.9 Å². The van der Waals surface area contributed by atoms with E-state index in [2.05, 4.69) is 74.4 Å². The van der Waals surface area contributed by atoms with E-state index in [4.69, 9.17) is 4.74 Å². The Morgan fingerprint density at radius 1 is 1.15 bits per heavy atom. The highest BCUT2D eigenvalue weighted by Crippen LogP contribution is 2.33. The van der Waals surface area contributed by atoms with Gasteiger partial charge in [0.25, 0.3) is 0 Å². The normalized spacial score (nSPS) is 10.4. The number of hydrogen-bond donors (Lipinski definition) is 1. The fourth-order valence-electron chi connectivity index (χ4n) is 2.00. The lowest BCUT2D eigenvalue weighted by atomic mass is 10.2. The second kappa shape index (κ2) is 7.14. The van der Waals surface area contributed by atoms with Gasteiger partial charge in [-0.3, -0.25) is 0 Å². The molecule has 2 aromatic rings. The molecule has 2 nitrogen and oxygen atoms in total. The van der Waals surface area contributed by atoms with Crippen molar-refractivity contribution < 1.29 is 4.74 Å². The fraction of sp³-hybridized carbons (Fsp3) is 0.250. The molecule has 1 N–H and O–H groups in total. The summed E-state index contributed by atoms with van der Waals surface area (Å²) < 4.78 is 7.73. The molecule has 2 rings (SSSR count). The molecule has 0 radical (unpaired) electrons. The summed E-state index contributed by atoms with van der Waals surface area (Å²) >= 11 is 7.08. The van der Waals surface area contributed by atoms with Crippen LogP contribution in [0, 0.1) is 6.92 Å². The van der Waals surface area contributed by atoms with Gasteiger partial charge in [-0.25, -0.2) is 0 Å². The summed E-state index contributed by atoms with van der Waals surface area (Å²) in [6.45, 7) is 5.45. The molecule has 0 spiro atoms. The summed E-state index contributed by atoms with van der Waals surface area (Å²) in [6.07, 6.45) is 0. The zero-order chi connectivity index (χ0) is 14.5. The smallest absolute Gasteiger partial charge is 0.138 e. The van der Waals surface area contributed by atoms with Gasteiger partial charge < -0.3 is 10.1 Å². The zero-order valence-electron chi connectivity index (χ0n) is 11.5. The molecule has 0 unspecified atom stereocenters. The first-order valence-electron chi connectivity index (χ1n) is 6.51. The van der Waals surface area contributed by atoms with Crippen LogP contribution in [0.5, 0.6) is 5.75 Å². The van der Waals surface area contributed by atoms with E-state index >= 15 is 0 Å². The van der Waals surface area contributed by atoms with Crippen molar-refractivity contribution in [1.82, 2.24) is 0 Å². The average Bonchev–Trinajstić information content (AvgIpc) is 2.40. The zero-order valence-corrected chi connectivity index (χ0v) is 14.7. The summed E-state index contributed by atoms with van der Waals surface area (Å²) in [5.41, 5.74) is 3.48. The van der Waals surface area contributed by atoms with Crippen LogP contribution in [0.2, 0.25) is 0 Å². The third-order valence-corrected chi connectivity index (χ3v) is 3.92. The summed E-state index contributed by atoms with van der Waals surface area (Å²) in [7, 11) is 0. The molecule has 0 bridgehead atoms. The first kappa shape index (κ1) is 15.4. The number of nitrogens with one attached hydrogen (secondary N) is 1. The predicted octanol–water partition coefficient (Wildman–Crippen LogP) is 5.53. The molecule has 2 aromatic carbocycles. The van der Waals surface area contributed by atoms with Crippen LogP contribution in [-0.4, -0.2) is 6.61 Å². The van der Waals surface area contributed by atoms with Gasteiger partial charge in [-0.1, -0.05) is 28.1 Å². The topological polar surface area (TPSA) is 21.3 Å². The Morgan fingerprint density at radius 3 is 2.65 bits per heavy atom. The lowest BCUT2D eigenvalue weighted by molar-refractivity contribution is 0.334. The second-order valence-corrected chi connectivity index (χ2v) is 6.30. The van der Waals surface area contributed by atoms with Crippen LogP contribution in [0.1, 0.15) is 18.1 Å². The van der Waals surface area contributed by atoms with E-state index in [-0.39, 0.29) is 0 Å². The summed E-state index contributed by atoms with van der Waals surface area (Å²) in [6, 6.07) is 12.4. The SMILES string of the molecule is CCOc1c(Br)cc(Br)cc1CNc1cccc(C)c1. The van der Waals surface area contributed by atoms with Crippen molar-refractivity contribution in [2.24, 2.45) is 0 Å². The van der Waals surface area contributed by atoms with Gasteiger partial charge in [0, 0.05) is 22.3 Å². The minimum Gasteiger partial charge on any atom is -0.492 e. The number of halogens is 2. The van der Waals surface area contributed by atoms with Crippen LogP contribution in [0.3, 0.4) is 0 Å². The Labute approximate surface area is 136 Å². The van der Waals surface area contributed by atoms with E-state index in [0.717, 1.165) is 32.5 Å². The number of aryl methyl sites for hydroxylation is 1. The number of anilines is 1. The molecule has 0 aliphatic heterocycles. The minimum atomic E-state index is 0.650. The molecule has 4 heteroatoms. The van der Waals surface area contributed by atoms with E-state index in [1.807, 2.05) is 13.0 Å². The monoisotopic (exact) mass is 397 g/mol. The quantitative estimate of drug-likeness (QED) is 0.714. The van der Waals surface area contributed by atoms with E-state index in [1.165, 1.54) is 5.56 Å². The highest BCUT2D eigenvalue weighted by atomic mass is 79.9. The van der Waals surface area contributed by atoms with Crippen LogP contribution in [-0.2, 0) is 6.54 Å². The van der Waals surface area contributed by atoms with Crippen molar-refractivity contribution in [3.8, 4) is 5.75 Å². The maximum absolute atomic E-state index is 5.73. The van der Waals surface area contributed by atoms with Crippen LogP contribution < -0.4 is 10.1 Å². The van der Waals surface area contributed by atoms with Crippen LogP contribution in [0.25, 0.3) is 0 Å². The van der Waals surface area contributed by atoms with Crippen molar-refractivity contribution in [1.29, 1.82) is 0 Å². The van der Waals surface area contributed by atoms with E-state index in [9.17, 15) is 0 Å². The minimum absolute atomic E-state index is 0.650. The van der Waals surface area contributed by atoms with E-state index < -0.39 is 0 Å². The van der Waals surface area contributed by atoms with Gasteiger partial charge in [-0.05, 0) is 59.6 Å². The van der Waals surface area contributed by atoms with Gasteiger partial charge in [0.05, 0.1) is 11.1 Å². The van der Waals surface area contributed by atoms with Gasteiger partial charge in [-0.2, -0.15) is 0 Å². The lowest BCUT2D eigenvalue weighted by Gasteiger charge is -2.14. The van der Waals surface area contributed by atoms with Crippen molar-refractivity contribution in [2.45, 2.75) is 20.4 Å². The number of hydrogen-bond acceptors (Lipinski definition) is 2. The highest BCUT2D eigenvalue weighted by molar-refractivity contribution is 9.11. The molecule has 0 aromatic heterocycles. The fourth-order valence-corrected chi connectivity index (χ4v) is 3.43. The van der Waals surface area contributed by atoms with Crippen LogP contribution in [0.15, 0.2) is 45.3 Å². The maximum atomic E-state index is 5.73. The molecule has 0 saturated carbocycles. The Morgan fingerprint density at radius 2 is 1.95 bits per heavy atom. The molecule has 0 fully saturated rings. The number of rotatable bonds is 5. The number of benzene rings is 2. The average molecular weight is 399 g/mol. The standard InChI is InChI=1S/C16H17Br2NO/c1-3-20-16-12(8-13(17)9-15(16)18)10-19-14-6-4-5-11(2)7-14/h4-9,19H,3,10H2,1-2H3. The van der Waals surface area contributed by atoms with Crippen molar-refractivity contribution in [3.05, 3.63) is 56.5 Å². The Bertz CT molecular complexity index is 599. The van der Waals surface area contributed by atoms with Crippen LogP contribution in [0.4, 0.5) is 5.69 Å². The molecule has 20 heavy (non-hydrogen) atoms. The Hall–Kier alpha value is -1.00. The van der Waals surface area contributed by atoms with Gasteiger partial charge in [0.2, 0.25) is 0 Å². The van der Waals surface area contributed by atoms with E-state index in [0.29, 0.717) is 6.61 Å². The molecule has 0 amide bonds. The number of ether oxygens (including phenoxy) is 1. The van der Waals surface area contributed by atoms with E-state index in [1.54, 1.807) is 0 Å². The molecule has 0 saturated heterocycles. The van der Waals surface area contributed by atoms with Crippen molar-refractivity contribution >= 4 is 37.5 Å².